The number of methoxy groups -OCH3 is 1. The molecule has 2 amide bonds. The fourth-order valence-corrected chi connectivity index (χ4v) is 8.08. The van der Waals surface area contributed by atoms with Crippen LogP contribution in [0.25, 0.3) is 5.52 Å². The zero-order valence-corrected chi connectivity index (χ0v) is 27.0. The smallest absolute Gasteiger partial charge is 0.447 e. The van der Waals surface area contributed by atoms with Gasteiger partial charge in [-0.05, 0) is 55.7 Å². The summed E-state index contributed by atoms with van der Waals surface area (Å²) in [6.45, 7) is 1.69. The molecule has 8 bridgehead atoms. The summed E-state index contributed by atoms with van der Waals surface area (Å²) >= 11 is -0.231. The lowest BCUT2D eigenvalue weighted by molar-refractivity contribution is -0.136. The van der Waals surface area contributed by atoms with E-state index in [1.54, 1.807) is 28.1 Å². The van der Waals surface area contributed by atoms with Crippen LogP contribution in [0.5, 0.6) is 5.75 Å². The summed E-state index contributed by atoms with van der Waals surface area (Å²) < 4.78 is 75.7. The highest BCUT2D eigenvalue weighted by molar-refractivity contribution is 8.00. The van der Waals surface area contributed by atoms with Gasteiger partial charge in [0.2, 0.25) is 15.9 Å². The first-order valence-electron chi connectivity index (χ1n) is 15.0. The van der Waals surface area contributed by atoms with Gasteiger partial charge in [-0.2, -0.15) is 13.2 Å². The number of carbonyl (C=O) groups excluding carboxylic acids is 2. The lowest BCUT2D eigenvalue weighted by Gasteiger charge is -2.34. The highest BCUT2D eigenvalue weighted by Gasteiger charge is 2.36. The Morgan fingerprint density at radius 3 is 2.57 bits per heavy atom. The van der Waals surface area contributed by atoms with Crippen LogP contribution in [0.4, 0.5) is 24.5 Å². The highest BCUT2D eigenvalue weighted by atomic mass is 32.2. The first-order chi connectivity index (χ1) is 22.4. The van der Waals surface area contributed by atoms with E-state index in [1.165, 1.54) is 29.7 Å². The first-order valence-corrected chi connectivity index (χ1v) is 17.5. The van der Waals surface area contributed by atoms with Crippen molar-refractivity contribution in [3.8, 4) is 17.6 Å². The molecule has 11 nitrogen and oxygen atoms in total. The number of nitrogens with zero attached hydrogens (tertiary/aromatic N) is 3. The minimum absolute atomic E-state index is 0.0119. The van der Waals surface area contributed by atoms with Crippen LogP contribution < -0.4 is 20.1 Å². The van der Waals surface area contributed by atoms with Crippen LogP contribution in [0.15, 0.2) is 47.6 Å². The zero-order valence-electron chi connectivity index (χ0n) is 25.4. The zero-order chi connectivity index (χ0) is 33.3. The maximum Gasteiger partial charge on any atom is 0.447 e. The fourth-order valence-electron chi connectivity index (χ4n) is 6.20. The predicted octanol–water partition coefficient (Wildman–Crippen LogP) is 3.78. The molecular weight excluding hydrogens is 658 g/mol. The molecule has 3 N–H and O–H groups in total. The minimum atomic E-state index is -4.54. The number of hydrogen-bond acceptors (Lipinski definition) is 9. The second kappa shape index (κ2) is 13.2. The van der Waals surface area contributed by atoms with E-state index >= 15 is 0 Å². The molecule has 2 saturated heterocycles. The number of rotatable bonds is 2. The highest BCUT2D eigenvalue weighted by Crippen LogP contribution is 2.41. The molecule has 1 unspecified atom stereocenters. The minimum Gasteiger partial charge on any atom is -0.495 e. The maximum absolute atomic E-state index is 13.7. The van der Waals surface area contributed by atoms with Gasteiger partial charge in [-0.3, -0.25) is 14.5 Å². The van der Waals surface area contributed by atoms with Crippen molar-refractivity contribution in [2.45, 2.75) is 35.8 Å². The van der Waals surface area contributed by atoms with Gasteiger partial charge in [0.25, 0.3) is 5.91 Å². The number of anilines is 2. The van der Waals surface area contributed by atoms with E-state index < -0.39 is 27.3 Å². The molecule has 2 fully saturated rings. The molecule has 2 atom stereocenters. The summed E-state index contributed by atoms with van der Waals surface area (Å²) in [6.07, 6.45) is 3.35. The number of halogens is 3. The number of thioether (sulfide) groups is 1. The molecule has 0 saturated carbocycles. The van der Waals surface area contributed by atoms with Crippen molar-refractivity contribution >= 4 is 50.5 Å². The number of aromatic nitrogens is 1. The van der Waals surface area contributed by atoms with Gasteiger partial charge in [0, 0.05) is 55.7 Å². The topological polar surface area (TPSA) is 124 Å². The van der Waals surface area contributed by atoms with Gasteiger partial charge in [0.1, 0.15) is 16.7 Å². The summed E-state index contributed by atoms with van der Waals surface area (Å²) in [5.41, 5.74) is -2.62. The van der Waals surface area contributed by atoms with E-state index in [9.17, 15) is 31.2 Å². The Morgan fingerprint density at radius 1 is 1.04 bits per heavy atom. The van der Waals surface area contributed by atoms with Crippen LogP contribution >= 0.6 is 11.8 Å². The van der Waals surface area contributed by atoms with Crippen LogP contribution in [0.2, 0.25) is 0 Å². The largest absolute Gasteiger partial charge is 0.495 e. The predicted molar refractivity (Wildman–Crippen MR) is 172 cm³/mol. The second-order valence-electron chi connectivity index (χ2n) is 11.6. The van der Waals surface area contributed by atoms with Crippen molar-refractivity contribution in [3.05, 3.63) is 53.7 Å². The molecule has 9 rings (SSSR count). The lowest BCUT2D eigenvalue weighted by Crippen LogP contribution is -2.45. The average molecular weight is 691 g/mol. The Balaban J connectivity index is 1.33. The van der Waals surface area contributed by atoms with E-state index in [-0.39, 0.29) is 64.6 Å². The molecule has 6 aliphatic heterocycles. The van der Waals surface area contributed by atoms with Crippen LogP contribution in [0.1, 0.15) is 35.2 Å². The Morgan fingerprint density at radius 2 is 1.83 bits per heavy atom. The third-order valence-electron chi connectivity index (χ3n) is 8.42. The summed E-state index contributed by atoms with van der Waals surface area (Å²) in [5, 5.41) is 6.46. The quantitative estimate of drug-likeness (QED) is 0.272. The number of nitrogens with one attached hydrogen (secondary N) is 3. The Hall–Kier alpha value is -4.07. The average Bonchev–Trinajstić information content (AvgIpc) is 3.62. The second-order valence-corrected chi connectivity index (χ2v) is 14.4. The third kappa shape index (κ3) is 7.58. The van der Waals surface area contributed by atoms with Crippen molar-refractivity contribution in [3.63, 3.8) is 0 Å². The Kier molecular flexibility index (Phi) is 9.23. The van der Waals surface area contributed by atoms with E-state index in [1.807, 2.05) is 6.07 Å². The summed E-state index contributed by atoms with van der Waals surface area (Å²) in [5.74, 6) is 4.34. The molecule has 6 aliphatic rings. The van der Waals surface area contributed by atoms with Crippen LogP contribution in [0.3, 0.4) is 0 Å². The number of ether oxygens (including phenoxy) is 1. The number of benzene rings is 1. The number of piperidine rings is 1. The summed E-state index contributed by atoms with van der Waals surface area (Å²) in [4.78, 5) is 29.7. The summed E-state index contributed by atoms with van der Waals surface area (Å²) in [6, 6.07) is 9.45. The Labute approximate surface area is 274 Å². The van der Waals surface area contributed by atoms with Crippen molar-refractivity contribution in [1.29, 1.82) is 0 Å². The molecule has 1 aromatic carbocycles. The van der Waals surface area contributed by atoms with E-state index in [0.717, 1.165) is 0 Å². The molecular formula is C31H33F3N6O5S2. The van der Waals surface area contributed by atoms with Gasteiger partial charge in [0.05, 0.1) is 42.0 Å². The van der Waals surface area contributed by atoms with E-state index in [2.05, 4.69) is 27.2 Å². The van der Waals surface area contributed by atoms with Crippen molar-refractivity contribution in [2.75, 3.05) is 56.3 Å². The number of carbonyl (C=O) groups is 2. The number of sulfonamides is 1. The molecule has 3 aromatic rings. The van der Waals surface area contributed by atoms with Gasteiger partial charge < -0.3 is 24.7 Å². The van der Waals surface area contributed by atoms with Crippen LogP contribution in [0, 0.1) is 17.8 Å². The molecule has 0 aliphatic carbocycles. The third-order valence-corrected chi connectivity index (χ3v) is 10.5. The van der Waals surface area contributed by atoms with Gasteiger partial charge >= 0.3 is 5.51 Å². The van der Waals surface area contributed by atoms with Gasteiger partial charge in [-0.15, -0.1) is 0 Å². The molecule has 16 heteroatoms. The van der Waals surface area contributed by atoms with E-state index in [4.69, 9.17) is 4.74 Å². The molecule has 47 heavy (non-hydrogen) atoms. The Bertz CT molecular complexity index is 1860. The first kappa shape index (κ1) is 32.9. The van der Waals surface area contributed by atoms with Crippen molar-refractivity contribution < 1.29 is 35.9 Å². The number of pyridine rings is 1. The molecule has 2 aromatic heterocycles. The standard InChI is InChI=1S/C31H33F3N6O5S2/c1-45-27-17-20-6-7-25(27)35-11-2-4-21-16-26-24(5-3-12-40(26)30(21)46-31(32,33)34)36-23-9-14-39(15-10-23)29(42)22-8-13-38(18-22)19-47(43,44)37-28(20)41/h3,5-7,12,16-17,22-23,35-36H,8-11,13-15,18-19H2,1H3,(H,37,41)/t22-/m0/s1. The van der Waals surface area contributed by atoms with Gasteiger partial charge in [-0.25, -0.2) is 13.1 Å². The number of alkyl halides is 3. The normalized spacial score (nSPS) is 23.3. The molecule has 8 heterocycles. The molecule has 0 radical (unpaired) electrons. The van der Waals surface area contributed by atoms with Gasteiger partial charge in [-0.1, -0.05) is 11.8 Å². The number of amides is 2. The van der Waals surface area contributed by atoms with Crippen molar-refractivity contribution in [1.82, 2.24) is 18.9 Å². The SMILES string of the molecule is COc1cc2ccc1NCC#Cc1cc3c(cccn3c1SC(F)(F)F)NC1CCN(CC1)C(=O)[C@H]1CCN(C1)CS(=O)(=O)NC2=O. The fraction of sp³-hybridized carbons (Fsp3) is 0.419. The summed E-state index contributed by atoms with van der Waals surface area (Å²) in [7, 11) is -2.66. The van der Waals surface area contributed by atoms with Crippen LogP contribution in [-0.2, 0) is 14.8 Å². The monoisotopic (exact) mass is 690 g/mol. The lowest BCUT2D eigenvalue weighted by atomic mass is 10.0. The van der Waals surface area contributed by atoms with Crippen molar-refractivity contribution in [2.24, 2.45) is 5.92 Å². The maximum atomic E-state index is 13.7. The van der Waals surface area contributed by atoms with Crippen LogP contribution in [-0.4, -0.2) is 91.7 Å². The molecule has 0 spiro atoms. The van der Waals surface area contributed by atoms with E-state index in [0.29, 0.717) is 55.8 Å². The number of hydrogen-bond donors (Lipinski definition) is 3. The van der Waals surface area contributed by atoms with Gasteiger partial charge in [0.15, 0.2) is 0 Å². The molecule has 250 valence electrons.